The van der Waals surface area contributed by atoms with Gasteiger partial charge in [0.1, 0.15) is 0 Å². The van der Waals surface area contributed by atoms with E-state index in [9.17, 15) is 10.5 Å². The first-order valence-corrected chi connectivity index (χ1v) is 6.17. The van der Waals surface area contributed by atoms with E-state index < -0.39 is 5.41 Å². The SMILES string of the molecule is [C-]#[N+]/C(C#N)=C1\c2ccccc2/C(=C(/C#N)[N+]#[C-])C1(C)C. The highest BCUT2D eigenvalue weighted by molar-refractivity contribution is 6.01. The standard InChI is InChI=1S/C17H10N4/c1-17(2)15(13(9-18)20-3)11-7-5-6-8-12(11)16(17)14(10-19)21-4/h5-8H,1-2H3/b15-13+,16-14+. The summed E-state index contributed by atoms with van der Waals surface area (Å²) in [4.78, 5) is 6.63. The summed E-state index contributed by atoms with van der Waals surface area (Å²) in [6, 6.07) is 11.1. The summed E-state index contributed by atoms with van der Waals surface area (Å²) in [5.41, 5.74) is 1.95. The van der Waals surface area contributed by atoms with E-state index in [2.05, 4.69) is 9.69 Å². The molecular weight excluding hydrogens is 260 g/mol. The number of hydrogen-bond acceptors (Lipinski definition) is 2. The summed E-state index contributed by atoms with van der Waals surface area (Å²) in [6.45, 7) is 18.1. The zero-order chi connectivity index (χ0) is 15.6. The lowest BCUT2D eigenvalue weighted by atomic mass is 9.79. The van der Waals surface area contributed by atoms with Gasteiger partial charge < -0.3 is 0 Å². The summed E-state index contributed by atoms with van der Waals surface area (Å²) < 4.78 is 0. The Morgan fingerprint density at radius 3 is 1.62 bits per heavy atom. The fourth-order valence-electron chi connectivity index (χ4n) is 2.84. The highest BCUT2D eigenvalue weighted by Gasteiger charge is 2.42. The molecule has 0 unspecified atom stereocenters. The number of benzene rings is 1. The molecule has 1 aromatic rings. The molecule has 0 fully saturated rings. The molecule has 4 nitrogen and oxygen atoms in total. The van der Waals surface area contributed by atoms with E-state index in [1.165, 1.54) is 0 Å². The third kappa shape index (κ3) is 1.88. The fourth-order valence-corrected chi connectivity index (χ4v) is 2.84. The second kappa shape index (κ2) is 4.97. The number of fused-ring (bicyclic) bond motifs is 1. The molecule has 0 saturated carbocycles. The number of nitriles is 2. The zero-order valence-corrected chi connectivity index (χ0v) is 11.6. The molecule has 1 aliphatic carbocycles. The summed E-state index contributed by atoms with van der Waals surface area (Å²) in [7, 11) is 0. The lowest BCUT2D eigenvalue weighted by molar-refractivity contribution is 0.686. The molecule has 0 N–H and O–H groups in total. The van der Waals surface area contributed by atoms with Gasteiger partial charge in [0.2, 0.25) is 0 Å². The van der Waals surface area contributed by atoms with Crippen molar-refractivity contribution in [1.29, 1.82) is 10.5 Å². The van der Waals surface area contributed by atoms with Gasteiger partial charge in [-0.15, -0.1) is 0 Å². The Balaban J connectivity index is 3.03. The fraction of sp³-hybridized carbons (Fsp3) is 0.176. The molecule has 98 valence electrons. The Labute approximate surface area is 123 Å². The molecule has 0 atom stereocenters. The van der Waals surface area contributed by atoms with E-state index in [4.69, 9.17) is 13.1 Å². The molecule has 0 saturated heterocycles. The molecular formula is C17H10N4. The zero-order valence-electron chi connectivity index (χ0n) is 11.6. The van der Waals surface area contributed by atoms with Crippen LogP contribution in [0.25, 0.3) is 20.8 Å². The van der Waals surface area contributed by atoms with Crippen molar-refractivity contribution in [3.05, 3.63) is 69.6 Å². The van der Waals surface area contributed by atoms with Crippen molar-refractivity contribution in [2.75, 3.05) is 0 Å². The summed E-state index contributed by atoms with van der Waals surface area (Å²) in [5, 5.41) is 18.4. The Morgan fingerprint density at radius 2 is 1.33 bits per heavy atom. The number of allylic oxidation sites excluding steroid dienone is 4. The molecule has 0 radical (unpaired) electrons. The average Bonchev–Trinajstić information content (AvgIpc) is 2.71. The van der Waals surface area contributed by atoms with Gasteiger partial charge in [0.25, 0.3) is 11.4 Å². The van der Waals surface area contributed by atoms with Gasteiger partial charge in [-0.1, -0.05) is 38.1 Å². The van der Waals surface area contributed by atoms with E-state index in [0.717, 1.165) is 11.1 Å². The van der Waals surface area contributed by atoms with Crippen LogP contribution in [-0.2, 0) is 0 Å². The minimum atomic E-state index is -0.727. The lowest BCUT2D eigenvalue weighted by Gasteiger charge is -2.23. The van der Waals surface area contributed by atoms with Crippen LogP contribution >= 0.6 is 0 Å². The molecule has 2 rings (SSSR count). The Morgan fingerprint density at radius 1 is 0.952 bits per heavy atom. The van der Waals surface area contributed by atoms with Crippen LogP contribution in [0.4, 0.5) is 0 Å². The quantitative estimate of drug-likeness (QED) is 0.527. The van der Waals surface area contributed by atoms with E-state index in [1.54, 1.807) is 0 Å². The number of rotatable bonds is 0. The molecule has 0 aliphatic heterocycles. The van der Waals surface area contributed by atoms with Crippen LogP contribution in [0.5, 0.6) is 0 Å². The highest BCUT2D eigenvalue weighted by Crippen LogP contribution is 2.56. The van der Waals surface area contributed by atoms with Crippen LogP contribution in [0.15, 0.2) is 35.7 Å². The van der Waals surface area contributed by atoms with Crippen LogP contribution in [0.3, 0.4) is 0 Å². The third-order valence-corrected chi connectivity index (χ3v) is 3.62. The van der Waals surface area contributed by atoms with E-state index in [-0.39, 0.29) is 11.4 Å². The Bertz CT molecular complexity index is 753. The first-order valence-electron chi connectivity index (χ1n) is 6.17. The summed E-state index contributed by atoms with van der Waals surface area (Å²) in [5.74, 6) is 0. The van der Waals surface area contributed by atoms with Crippen molar-refractivity contribution < 1.29 is 0 Å². The molecule has 0 bridgehead atoms. The van der Waals surface area contributed by atoms with Gasteiger partial charge in [-0.3, -0.25) is 0 Å². The number of nitrogens with zero attached hydrogens (tertiary/aromatic N) is 4. The highest BCUT2D eigenvalue weighted by atomic mass is 14.7. The number of hydrogen-bond donors (Lipinski definition) is 0. The van der Waals surface area contributed by atoms with E-state index in [1.807, 2.05) is 50.3 Å². The van der Waals surface area contributed by atoms with Gasteiger partial charge in [0.15, 0.2) is 0 Å². The second-order valence-electron chi connectivity index (χ2n) is 5.07. The monoisotopic (exact) mass is 270 g/mol. The van der Waals surface area contributed by atoms with Crippen LogP contribution in [-0.4, -0.2) is 0 Å². The van der Waals surface area contributed by atoms with Gasteiger partial charge in [0.05, 0.1) is 25.3 Å². The predicted octanol–water partition coefficient (Wildman–Crippen LogP) is 4.03. The molecule has 1 aliphatic rings. The van der Waals surface area contributed by atoms with Gasteiger partial charge in [0, 0.05) is 0 Å². The first-order chi connectivity index (χ1) is 10.0. The predicted molar refractivity (Wildman–Crippen MR) is 78.5 cm³/mol. The lowest BCUT2D eigenvalue weighted by Crippen LogP contribution is -2.11. The second-order valence-corrected chi connectivity index (χ2v) is 5.07. The summed E-state index contributed by atoms with van der Waals surface area (Å²) >= 11 is 0. The Hall–Kier alpha value is -3.34. The average molecular weight is 270 g/mol. The minimum absolute atomic E-state index is 0.00437. The normalized spacial score (nSPS) is 19.3. The van der Waals surface area contributed by atoms with Gasteiger partial charge in [-0.2, -0.15) is 0 Å². The van der Waals surface area contributed by atoms with Gasteiger partial charge >= 0.3 is 0 Å². The molecule has 4 heteroatoms. The largest absolute Gasteiger partial charge is 0.266 e. The van der Waals surface area contributed by atoms with Crippen molar-refractivity contribution in [2.24, 2.45) is 5.41 Å². The topological polar surface area (TPSA) is 56.3 Å². The summed E-state index contributed by atoms with van der Waals surface area (Å²) in [6.07, 6.45) is 0. The van der Waals surface area contributed by atoms with Crippen molar-refractivity contribution in [3.8, 4) is 12.1 Å². The maximum atomic E-state index is 9.22. The first kappa shape index (κ1) is 14.1. The molecule has 21 heavy (non-hydrogen) atoms. The smallest absolute Gasteiger partial charge is 0.226 e. The molecule has 0 amide bonds. The van der Waals surface area contributed by atoms with Crippen molar-refractivity contribution in [3.63, 3.8) is 0 Å². The van der Waals surface area contributed by atoms with Crippen molar-refractivity contribution in [1.82, 2.24) is 0 Å². The minimum Gasteiger partial charge on any atom is -0.226 e. The van der Waals surface area contributed by atoms with Crippen LogP contribution < -0.4 is 0 Å². The van der Waals surface area contributed by atoms with E-state index in [0.29, 0.717) is 11.1 Å². The van der Waals surface area contributed by atoms with Gasteiger partial charge in [-0.25, -0.2) is 20.2 Å². The van der Waals surface area contributed by atoms with Gasteiger partial charge in [-0.05, 0) is 27.7 Å². The van der Waals surface area contributed by atoms with Crippen molar-refractivity contribution >= 4 is 11.1 Å². The maximum absolute atomic E-state index is 9.22. The third-order valence-electron chi connectivity index (χ3n) is 3.62. The Kier molecular flexibility index (Phi) is 3.33. The van der Waals surface area contributed by atoms with Crippen molar-refractivity contribution in [2.45, 2.75) is 13.8 Å². The van der Waals surface area contributed by atoms with Crippen LogP contribution in [0.1, 0.15) is 25.0 Å². The molecule has 0 aromatic heterocycles. The van der Waals surface area contributed by atoms with Crippen LogP contribution in [0.2, 0.25) is 0 Å². The molecule has 0 spiro atoms. The maximum Gasteiger partial charge on any atom is 0.266 e. The molecule has 1 aromatic carbocycles. The molecule has 0 heterocycles. The van der Waals surface area contributed by atoms with Crippen LogP contribution in [0, 0.1) is 41.2 Å². The van der Waals surface area contributed by atoms with E-state index >= 15 is 0 Å².